The predicted molar refractivity (Wildman–Crippen MR) is 109 cm³/mol. The lowest BCUT2D eigenvalue weighted by molar-refractivity contribution is -0.143. The van der Waals surface area contributed by atoms with Gasteiger partial charge in [0.25, 0.3) is 5.91 Å². The smallest absolute Gasteiger partial charge is 0.258 e. The molecule has 1 atom stereocenters. The Morgan fingerprint density at radius 2 is 2.14 bits per heavy atom. The molecule has 0 spiro atoms. The normalized spacial score (nSPS) is 19.6. The summed E-state index contributed by atoms with van der Waals surface area (Å²) in [4.78, 5) is 27.1. The lowest BCUT2D eigenvalue weighted by Crippen LogP contribution is -2.36. The predicted octanol–water partition coefficient (Wildman–Crippen LogP) is 3.40. The number of aromatic amines is 1. The molecule has 1 saturated heterocycles. The summed E-state index contributed by atoms with van der Waals surface area (Å²) in [5, 5.41) is 12.8. The minimum absolute atomic E-state index is 0.254. The van der Waals surface area contributed by atoms with E-state index in [1.807, 2.05) is 42.7 Å². The van der Waals surface area contributed by atoms with Crippen LogP contribution in [0.5, 0.6) is 0 Å². The molecule has 6 nitrogen and oxygen atoms in total. The second kappa shape index (κ2) is 6.25. The highest BCUT2D eigenvalue weighted by molar-refractivity contribution is 7.18. The summed E-state index contributed by atoms with van der Waals surface area (Å²) >= 11 is 1.57. The minimum Gasteiger partial charge on any atom is -0.375 e. The number of H-pyrrole nitrogens is 1. The lowest BCUT2D eigenvalue weighted by Gasteiger charge is -2.21. The standard InChI is InChI=1S/C21H18N4O2S/c1-25-9-7-21(27,20(25)26)14-5-2-4-13(10-14)19-24-12-17(28-19)16-11-23-18-15(16)6-3-8-22-18/h2-6,8,10-12,27H,7,9H2,1H3,(H,22,23)/t21-/m1/s1. The van der Waals surface area contributed by atoms with Crippen LogP contribution in [0.1, 0.15) is 12.0 Å². The summed E-state index contributed by atoms with van der Waals surface area (Å²) in [6.45, 7) is 0.551. The van der Waals surface area contributed by atoms with E-state index in [2.05, 4.69) is 15.0 Å². The van der Waals surface area contributed by atoms with Gasteiger partial charge < -0.3 is 15.0 Å². The number of hydrogen-bond acceptors (Lipinski definition) is 5. The van der Waals surface area contributed by atoms with Crippen molar-refractivity contribution in [2.45, 2.75) is 12.0 Å². The Labute approximate surface area is 165 Å². The first-order valence-corrected chi connectivity index (χ1v) is 9.85. The second-order valence-electron chi connectivity index (χ2n) is 7.05. The van der Waals surface area contributed by atoms with E-state index < -0.39 is 5.60 Å². The van der Waals surface area contributed by atoms with Crippen LogP contribution in [-0.4, -0.2) is 44.5 Å². The van der Waals surface area contributed by atoms with Crippen molar-refractivity contribution in [1.82, 2.24) is 19.9 Å². The summed E-state index contributed by atoms with van der Waals surface area (Å²) < 4.78 is 0. The van der Waals surface area contributed by atoms with Gasteiger partial charge >= 0.3 is 0 Å². The van der Waals surface area contributed by atoms with Crippen molar-refractivity contribution in [3.05, 3.63) is 60.6 Å². The van der Waals surface area contributed by atoms with Gasteiger partial charge in [-0.05, 0) is 23.8 Å². The SMILES string of the molecule is CN1CC[C@@](O)(c2cccc(-c3ncc(-c4c[nH]c5ncccc45)s3)c2)C1=O. The molecule has 4 heterocycles. The minimum atomic E-state index is -1.45. The van der Waals surface area contributed by atoms with Crippen LogP contribution in [0.3, 0.4) is 0 Å². The van der Waals surface area contributed by atoms with Crippen molar-refractivity contribution in [2.24, 2.45) is 0 Å². The van der Waals surface area contributed by atoms with Crippen LogP contribution in [0.2, 0.25) is 0 Å². The molecule has 1 aliphatic rings. The van der Waals surface area contributed by atoms with Gasteiger partial charge in [0.15, 0.2) is 5.60 Å². The third-order valence-corrected chi connectivity index (χ3v) is 6.40. The van der Waals surface area contributed by atoms with Gasteiger partial charge in [-0.15, -0.1) is 11.3 Å². The molecule has 3 aromatic heterocycles. The molecule has 0 saturated carbocycles. The zero-order valence-corrected chi connectivity index (χ0v) is 16.0. The van der Waals surface area contributed by atoms with Crippen molar-refractivity contribution >= 4 is 28.3 Å². The highest BCUT2D eigenvalue weighted by Gasteiger charge is 2.45. The monoisotopic (exact) mass is 390 g/mol. The first kappa shape index (κ1) is 17.1. The fourth-order valence-corrected chi connectivity index (χ4v) is 4.67. The van der Waals surface area contributed by atoms with Gasteiger partial charge in [-0.3, -0.25) is 4.79 Å². The zero-order chi connectivity index (χ0) is 19.3. The molecule has 0 radical (unpaired) electrons. The van der Waals surface area contributed by atoms with E-state index >= 15 is 0 Å². The van der Waals surface area contributed by atoms with Gasteiger partial charge in [-0.25, -0.2) is 9.97 Å². The number of nitrogens with one attached hydrogen (secondary N) is 1. The van der Waals surface area contributed by atoms with E-state index in [0.29, 0.717) is 18.5 Å². The van der Waals surface area contributed by atoms with Crippen molar-refractivity contribution in [3.63, 3.8) is 0 Å². The fourth-order valence-electron chi connectivity index (χ4n) is 3.72. The first-order valence-electron chi connectivity index (χ1n) is 9.03. The maximum absolute atomic E-state index is 12.4. The van der Waals surface area contributed by atoms with Crippen LogP contribution in [0, 0.1) is 0 Å². The molecular formula is C21H18N4O2S. The maximum atomic E-state index is 12.4. The molecule has 28 heavy (non-hydrogen) atoms. The Morgan fingerprint density at radius 1 is 1.25 bits per heavy atom. The first-order chi connectivity index (χ1) is 13.6. The third kappa shape index (κ3) is 2.55. The van der Waals surface area contributed by atoms with Gasteiger partial charge in [0, 0.05) is 55.1 Å². The summed E-state index contributed by atoms with van der Waals surface area (Å²) in [5.74, 6) is -0.254. The van der Waals surface area contributed by atoms with E-state index in [0.717, 1.165) is 32.0 Å². The van der Waals surface area contributed by atoms with E-state index in [1.54, 1.807) is 35.5 Å². The largest absolute Gasteiger partial charge is 0.375 e. The number of likely N-dealkylation sites (N-methyl/N-ethyl adjacent to an activating group) is 1. The molecule has 1 fully saturated rings. The van der Waals surface area contributed by atoms with Crippen LogP contribution in [0.25, 0.3) is 32.0 Å². The summed E-state index contributed by atoms with van der Waals surface area (Å²) in [5.41, 5.74) is 1.97. The number of aromatic nitrogens is 3. The number of carbonyl (C=O) groups is 1. The second-order valence-corrected chi connectivity index (χ2v) is 8.08. The van der Waals surface area contributed by atoms with Crippen molar-refractivity contribution < 1.29 is 9.90 Å². The van der Waals surface area contributed by atoms with Crippen molar-refractivity contribution in [2.75, 3.05) is 13.6 Å². The van der Waals surface area contributed by atoms with Crippen LogP contribution < -0.4 is 0 Å². The number of nitrogens with zero attached hydrogens (tertiary/aromatic N) is 3. The van der Waals surface area contributed by atoms with Crippen LogP contribution in [0.4, 0.5) is 0 Å². The molecule has 1 amide bonds. The Hall–Kier alpha value is -3.03. The number of carbonyl (C=O) groups excluding carboxylic acids is 1. The molecule has 1 aliphatic heterocycles. The molecular weight excluding hydrogens is 372 g/mol. The maximum Gasteiger partial charge on any atom is 0.258 e. The molecule has 4 aromatic rings. The highest BCUT2D eigenvalue weighted by Crippen LogP contribution is 2.38. The van der Waals surface area contributed by atoms with Crippen molar-refractivity contribution in [3.8, 4) is 21.0 Å². The van der Waals surface area contributed by atoms with Gasteiger partial charge in [-0.1, -0.05) is 18.2 Å². The van der Waals surface area contributed by atoms with Gasteiger partial charge in [0.1, 0.15) is 10.7 Å². The van der Waals surface area contributed by atoms with E-state index in [9.17, 15) is 9.90 Å². The summed E-state index contributed by atoms with van der Waals surface area (Å²) in [6, 6.07) is 11.4. The highest BCUT2D eigenvalue weighted by atomic mass is 32.1. The number of amides is 1. The average Bonchev–Trinajstić information content (AvgIpc) is 3.43. The number of pyridine rings is 1. The Morgan fingerprint density at radius 3 is 2.96 bits per heavy atom. The van der Waals surface area contributed by atoms with Gasteiger partial charge in [0.05, 0.1) is 4.88 Å². The quantitative estimate of drug-likeness (QED) is 0.562. The molecule has 5 rings (SSSR count). The van der Waals surface area contributed by atoms with Crippen LogP contribution >= 0.6 is 11.3 Å². The molecule has 0 bridgehead atoms. The number of thiazole rings is 1. The molecule has 0 unspecified atom stereocenters. The van der Waals surface area contributed by atoms with Crippen LogP contribution in [0.15, 0.2) is 55.0 Å². The number of rotatable bonds is 3. The summed E-state index contributed by atoms with van der Waals surface area (Å²) in [7, 11) is 1.72. The Balaban J connectivity index is 1.52. The number of aliphatic hydroxyl groups is 1. The number of fused-ring (bicyclic) bond motifs is 1. The number of hydrogen-bond donors (Lipinski definition) is 2. The van der Waals surface area contributed by atoms with E-state index in [-0.39, 0.29) is 5.91 Å². The molecule has 140 valence electrons. The van der Waals surface area contributed by atoms with Crippen molar-refractivity contribution in [1.29, 1.82) is 0 Å². The lowest BCUT2D eigenvalue weighted by atomic mass is 9.91. The van der Waals surface area contributed by atoms with Crippen LogP contribution in [-0.2, 0) is 10.4 Å². The average molecular weight is 390 g/mol. The van der Waals surface area contributed by atoms with Gasteiger partial charge in [0.2, 0.25) is 0 Å². The number of likely N-dealkylation sites (tertiary alicyclic amines) is 1. The molecule has 0 aliphatic carbocycles. The molecule has 7 heteroatoms. The Kier molecular flexibility index (Phi) is 3.82. The Bertz CT molecular complexity index is 1200. The van der Waals surface area contributed by atoms with E-state index in [4.69, 9.17) is 0 Å². The topological polar surface area (TPSA) is 82.1 Å². The van der Waals surface area contributed by atoms with E-state index in [1.165, 1.54) is 0 Å². The third-order valence-electron chi connectivity index (χ3n) is 5.32. The number of benzene rings is 1. The molecule has 1 aromatic carbocycles. The van der Waals surface area contributed by atoms with Gasteiger partial charge in [-0.2, -0.15) is 0 Å². The zero-order valence-electron chi connectivity index (χ0n) is 15.2. The molecule has 2 N–H and O–H groups in total. The summed E-state index contributed by atoms with van der Waals surface area (Å²) in [6.07, 6.45) is 5.96. The fraction of sp³-hybridized carbons (Fsp3) is 0.190.